The van der Waals surface area contributed by atoms with Gasteiger partial charge in [0.2, 0.25) is 0 Å². The molecule has 140 valence electrons. The van der Waals surface area contributed by atoms with E-state index in [9.17, 15) is 14.4 Å². The van der Waals surface area contributed by atoms with E-state index in [0.29, 0.717) is 25.9 Å². The van der Waals surface area contributed by atoms with Crippen molar-refractivity contribution in [3.8, 4) is 0 Å². The SMILES string of the molecule is COC(=O)C1CCN(C(=O)COC(=O)/C=C/c2ccc(SC)cc2)CC1. The number of methoxy groups -OCH3 is 1. The Kier molecular flexibility index (Phi) is 7.72. The Morgan fingerprint density at radius 2 is 1.85 bits per heavy atom. The van der Waals surface area contributed by atoms with Crippen LogP contribution in [0, 0.1) is 5.92 Å². The van der Waals surface area contributed by atoms with Crippen molar-refractivity contribution in [2.75, 3.05) is 33.1 Å². The number of carbonyl (C=O) groups excluding carboxylic acids is 3. The first kappa shape index (κ1) is 20.0. The van der Waals surface area contributed by atoms with Crippen molar-refractivity contribution in [1.29, 1.82) is 0 Å². The van der Waals surface area contributed by atoms with Gasteiger partial charge in [-0.2, -0.15) is 0 Å². The molecule has 0 unspecified atom stereocenters. The Morgan fingerprint density at radius 1 is 1.19 bits per heavy atom. The predicted octanol–water partition coefficient (Wildman–Crippen LogP) is 2.38. The van der Waals surface area contributed by atoms with Crippen molar-refractivity contribution in [3.63, 3.8) is 0 Å². The monoisotopic (exact) mass is 377 g/mol. The second-order valence-corrected chi connectivity index (χ2v) is 6.77. The number of hydrogen-bond acceptors (Lipinski definition) is 6. The van der Waals surface area contributed by atoms with Gasteiger partial charge in [0.1, 0.15) is 0 Å². The first-order valence-electron chi connectivity index (χ1n) is 8.38. The maximum absolute atomic E-state index is 12.1. The number of piperidine rings is 1. The van der Waals surface area contributed by atoms with Gasteiger partial charge in [0, 0.05) is 24.1 Å². The summed E-state index contributed by atoms with van der Waals surface area (Å²) >= 11 is 1.65. The molecule has 0 atom stereocenters. The van der Waals surface area contributed by atoms with Crippen LogP contribution in [-0.2, 0) is 23.9 Å². The zero-order valence-electron chi connectivity index (χ0n) is 15.0. The molecule has 0 N–H and O–H groups in total. The molecule has 1 amide bonds. The van der Waals surface area contributed by atoms with Crippen LogP contribution in [-0.4, -0.2) is 55.8 Å². The summed E-state index contributed by atoms with van der Waals surface area (Å²) in [6.45, 7) is 0.638. The average Bonchev–Trinajstić information content (AvgIpc) is 2.70. The van der Waals surface area contributed by atoms with E-state index in [2.05, 4.69) is 0 Å². The van der Waals surface area contributed by atoms with Crippen molar-refractivity contribution < 1.29 is 23.9 Å². The number of amides is 1. The van der Waals surface area contributed by atoms with Crippen LogP contribution in [0.4, 0.5) is 0 Å². The molecule has 1 heterocycles. The second kappa shape index (κ2) is 10.0. The number of ether oxygens (including phenoxy) is 2. The zero-order chi connectivity index (χ0) is 18.9. The summed E-state index contributed by atoms with van der Waals surface area (Å²) in [5.41, 5.74) is 0.885. The van der Waals surface area contributed by atoms with E-state index in [0.717, 1.165) is 10.5 Å². The molecule has 6 nitrogen and oxygen atoms in total. The summed E-state index contributed by atoms with van der Waals surface area (Å²) in [5.74, 6) is -1.21. The van der Waals surface area contributed by atoms with Gasteiger partial charge in [0.15, 0.2) is 6.61 Å². The van der Waals surface area contributed by atoms with Crippen LogP contribution < -0.4 is 0 Å². The summed E-state index contributed by atoms with van der Waals surface area (Å²) in [6.07, 6.45) is 6.09. The van der Waals surface area contributed by atoms with Gasteiger partial charge in [-0.05, 0) is 42.9 Å². The van der Waals surface area contributed by atoms with E-state index < -0.39 is 5.97 Å². The summed E-state index contributed by atoms with van der Waals surface area (Å²) in [5, 5.41) is 0. The van der Waals surface area contributed by atoms with Crippen molar-refractivity contribution in [1.82, 2.24) is 4.90 Å². The fourth-order valence-electron chi connectivity index (χ4n) is 2.68. The molecule has 0 aliphatic carbocycles. The van der Waals surface area contributed by atoms with Crippen LogP contribution in [0.25, 0.3) is 6.08 Å². The van der Waals surface area contributed by atoms with Crippen LogP contribution in [0.3, 0.4) is 0 Å². The number of thioether (sulfide) groups is 1. The van der Waals surface area contributed by atoms with Gasteiger partial charge in [-0.25, -0.2) is 4.79 Å². The molecular formula is C19H23NO5S. The van der Waals surface area contributed by atoms with Crippen molar-refractivity contribution >= 4 is 35.7 Å². The highest BCUT2D eigenvalue weighted by Gasteiger charge is 2.28. The Hall–Kier alpha value is -2.28. The van der Waals surface area contributed by atoms with Crippen LogP contribution >= 0.6 is 11.8 Å². The molecular weight excluding hydrogens is 354 g/mol. The number of hydrogen-bond donors (Lipinski definition) is 0. The fraction of sp³-hybridized carbons (Fsp3) is 0.421. The molecule has 0 saturated carbocycles. The Morgan fingerprint density at radius 3 is 2.42 bits per heavy atom. The van der Waals surface area contributed by atoms with Crippen LogP contribution in [0.1, 0.15) is 18.4 Å². The lowest BCUT2D eigenvalue weighted by Crippen LogP contribution is -2.42. The van der Waals surface area contributed by atoms with Crippen molar-refractivity contribution in [3.05, 3.63) is 35.9 Å². The van der Waals surface area contributed by atoms with Crippen molar-refractivity contribution in [2.45, 2.75) is 17.7 Å². The molecule has 1 aromatic rings. The third-order valence-corrected chi connectivity index (χ3v) is 4.99. The van der Waals surface area contributed by atoms with Crippen LogP contribution in [0.5, 0.6) is 0 Å². The minimum atomic E-state index is -0.559. The Bertz CT molecular complexity index is 663. The first-order valence-corrected chi connectivity index (χ1v) is 9.60. The van der Waals surface area contributed by atoms with Gasteiger partial charge in [-0.3, -0.25) is 9.59 Å². The van der Waals surface area contributed by atoms with Gasteiger partial charge in [0.25, 0.3) is 5.91 Å². The fourth-order valence-corrected chi connectivity index (χ4v) is 3.09. The first-order chi connectivity index (χ1) is 12.5. The highest BCUT2D eigenvalue weighted by molar-refractivity contribution is 7.98. The minimum Gasteiger partial charge on any atom is -0.469 e. The Balaban J connectivity index is 1.74. The quantitative estimate of drug-likeness (QED) is 0.431. The topological polar surface area (TPSA) is 72.9 Å². The van der Waals surface area contributed by atoms with Crippen LogP contribution in [0.2, 0.25) is 0 Å². The minimum absolute atomic E-state index is 0.160. The number of likely N-dealkylation sites (tertiary alicyclic amines) is 1. The number of nitrogens with zero attached hydrogens (tertiary/aromatic N) is 1. The maximum Gasteiger partial charge on any atom is 0.331 e. The number of rotatable bonds is 6. The van der Waals surface area contributed by atoms with Gasteiger partial charge < -0.3 is 14.4 Å². The van der Waals surface area contributed by atoms with E-state index in [4.69, 9.17) is 9.47 Å². The Labute approximate surface area is 157 Å². The molecule has 1 aliphatic rings. The zero-order valence-corrected chi connectivity index (χ0v) is 15.8. The van der Waals surface area contributed by atoms with E-state index in [-0.39, 0.29) is 24.4 Å². The second-order valence-electron chi connectivity index (χ2n) is 5.89. The lowest BCUT2D eigenvalue weighted by atomic mass is 9.97. The van der Waals surface area contributed by atoms with E-state index >= 15 is 0 Å². The molecule has 1 aromatic carbocycles. The number of esters is 2. The van der Waals surface area contributed by atoms with Gasteiger partial charge in [-0.1, -0.05) is 12.1 Å². The summed E-state index contributed by atoms with van der Waals surface area (Å²) in [6, 6.07) is 7.76. The molecule has 0 aromatic heterocycles. The number of benzene rings is 1. The van der Waals surface area contributed by atoms with Gasteiger partial charge in [0.05, 0.1) is 13.0 Å². The molecule has 0 spiro atoms. The largest absolute Gasteiger partial charge is 0.469 e. The molecule has 0 bridgehead atoms. The molecule has 1 aliphatic heterocycles. The molecule has 1 saturated heterocycles. The summed E-state index contributed by atoms with van der Waals surface area (Å²) in [7, 11) is 1.37. The molecule has 7 heteroatoms. The molecule has 1 fully saturated rings. The number of carbonyl (C=O) groups is 3. The summed E-state index contributed by atoms with van der Waals surface area (Å²) in [4.78, 5) is 38.1. The summed E-state index contributed by atoms with van der Waals surface area (Å²) < 4.78 is 9.73. The third-order valence-electron chi connectivity index (χ3n) is 4.25. The van der Waals surface area contributed by atoms with E-state index in [1.807, 2.05) is 30.5 Å². The van der Waals surface area contributed by atoms with E-state index in [1.54, 1.807) is 22.7 Å². The maximum atomic E-state index is 12.1. The van der Waals surface area contributed by atoms with E-state index in [1.165, 1.54) is 13.2 Å². The lowest BCUT2D eigenvalue weighted by molar-refractivity contribution is -0.151. The normalized spacial score (nSPS) is 15.1. The predicted molar refractivity (Wildman–Crippen MR) is 99.5 cm³/mol. The highest BCUT2D eigenvalue weighted by atomic mass is 32.2. The third kappa shape index (κ3) is 5.91. The lowest BCUT2D eigenvalue weighted by Gasteiger charge is -2.30. The van der Waals surface area contributed by atoms with Crippen molar-refractivity contribution in [2.24, 2.45) is 5.92 Å². The van der Waals surface area contributed by atoms with Gasteiger partial charge in [-0.15, -0.1) is 11.8 Å². The molecule has 26 heavy (non-hydrogen) atoms. The standard InChI is InChI=1S/C19H23NO5S/c1-24-19(23)15-9-11-20(12-10-15)17(21)13-25-18(22)8-5-14-3-6-16(26-2)7-4-14/h3-8,15H,9-13H2,1-2H3/b8-5+. The highest BCUT2D eigenvalue weighted by Crippen LogP contribution is 2.18. The smallest absolute Gasteiger partial charge is 0.331 e. The molecule has 2 rings (SSSR count). The van der Waals surface area contributed by atoms with Gasteiger partial charge >= 0.3 is 11.9 Å². The average molecular weight is 377 g/mol. The molecule has 0 radical (unpaired) electrons. The van der Waals surface area contributed by atoms with Crippen LogP contribution in [0.15, 0.2) is 35.2 Å².